The summed E-state index contributed by atoms with van der Waals surface area (Å²) in [5.41, 5.74) is 0.276. The molecule has 0 aliphatic heterocycles. The fourth-order valence-corrected chi connectivity index (χ4v) is 1.21. The molecule has 0 aromatic heterocycles. The lowest BCUT2D eigenvalue weighted by Gasteiger charge is -2.01. The van der Waals surface area contributed by atoms with Crippen molar-refractivity contribution in [1.29, 1.82) is 0 Å². The number of halogens is 2. The van der Waals surface area contributed by atoms with Gasteiger partial charge in [-0.1, -0.05) is 35.3 Å². The summed E-state index contributed by atoms with van der Waals surface area (Å²) in [5.74, 6) is 0. The van der Waals surface area contributed by atoms with Crippen molar-refractivity contribution < 1.29 is 4.92 Å². The van der Waals surface area contributed by atoms with Gasteiger partial charge in [0.2, 0.25) is 0 Å². The number of benzene rings is 1. The number of nitro benzene ring substituents is 1. The van der Waals surface area contributed by atoms with Gasteiger partial charge in [-0.25, -0.2) is 0 Å². The summed E-state index contributed by atoms with van der Waals surface area (Å²) in [6.45, 7) is 0. The van der Waals surface area contributed by atoms with Crippen LogP contribution in [0.15, 0.2) is 24.3 Å². The third-order valence-corrected chi connectivity index (χ3v) is 1.84. The SMILES string of the molecule is O=[N+]([O-])c1ccccc1C(Cl)Cl. The number of hydrogen-bond donors (Lipinski definition) is 0. The molecule has 64 valence electrons. The Morgan fingerprint density at radius 1 is 1.33 bits per heavy atom. The van der Waals surface area contributed by atoms with E-state index in [4.69, 9.17) is 23.2 Å². The van der Waals surface area contributed by atoms with Crippen LogP contribution in [0.3, 0.4) is 0 Å². The van der Waals surface area contributed by atoms with Gasteiger partial charge in [-0.15, -0.1) is 0 Å². The minimum Gasteiger partial charge on any atom is -0.258 e. The maximum Gasteiger partial charge on any atom is 0.275 e. The normalized spacial score (nSPS) is 10.2. The van der Waals surface area contributed by atoms with Crippen LogP contribution in [-0.4, -0.2) is 4.92 Å². The van der Waals surface area contributed by atoms with Crippen LogP contribution in [-0.2, 0) is 0 Å². The zero-order valence-electron chi connectivity index (χ0n) is 5.91. The van der Waals surface area contributed by atoms with Crippen molar-refractivity contribution in [2.45, 2.75) is 4.84 Å². The van der Waals surface area contributed by atoms with Crippen molar-refractivity contribution in [3.8, 4) is 0 Å². The van der Waals surface area contributed by atoms with Crippen LogP contribution in [0.5, 0.6) is 0 Å². The minimum atomic E-state index is -0.855. The Bertz CT molecular complexity index is 301. The molecule has 0 aliphatic rings. The molecule has 1 rings (SSSR count). The summed E-state index contributed by atoms with van der Waals surface area (Å²) in [6.07, 6.45) is 0. The van der Waals surface area contributed by atoms with Gasteiger partial charge in [0.25, 0.3) is 5.69 Å². The number of alkyl halides is 2. The van der Waals surface area contributed by atoms with Crippen molar-refractivity contribution in [2.75, 3.05) is 0 Å². The molecule has 0 heterocycles. The van der Waals surface area contributed by atoms with Crippen LogP contribution in [0.2, 0.25) is 0 Å². The molecule has 0 spiro atoms. The highest BCUT2D eigenvalue weighted by Crippen LogP contribution is 2.31. The van der Waals surface area contributed by atoms with Gasteiger partial charge in [0, 0.05) is 6.07 Å². The number of rotatable bonds is 2. The van der Waals surface area contributed by atoms with Crippen LogP contribution in [0.25, 0.3) is 0 Å². The lowest BCUT2D eigenvalue weighted by Crippen LogP contribution is -1.93. The molecular weight excluding hydrogens is 201 g/mol. The molecule has 1 aromatic carbocycles. The Kier molecular flexibility index (Phi) is 2.89. The van der Waals surface area contributed by atoms with Crippen LogP contribution in [0.1, 0.15) is 10.4 Å². The first-order chi connectivity index (χ1) is 5.63. The molecule has 0 saturated heterocycles. The fraction of sp³-hybridized carbons (Fsp3) is 0.143. The molecule has 0 fully saturated rings. The Balaban J connectivity index is 3.17. The molecule has 0 N–H and O–H groups in total. The largest absolute Gasteiger partial charge is 0.275 e. The van der Waals surface area contributed by atoms with Crippen LogP contribution in [0, 0.1) is 10.1 Å². The summed E-state index contributed by atoms with van der Waals surface area (Å²) in [6, 6.07) is 6.12. The first-order valence-corrected chi connectivity index (χ1v) is 4.01. The Morgan fingerprint density at radius 3 is 2.33 bits per heavy atom. The Labute approximate surface area is 79.1 Å². The van der Waals surface area contributed by atoms with E-state index in [9.17, 15) is 10.1 Å². The standard InChI is InChI=1S/C7H5Cl2NO2/c8-7(9)5-3-1-2-4-6(5)10(11)12/h1-4,7H. The predicted molar refractivity (Wildman–Crippen MR) is 47.5 cm³/mol. The van der Waals surface area contributed by atoms with E-state index in [2.05, 4.69) is 0 Å². The van der Waals surface area contributed by atoms with Crippen molar-refractivity contribution in [3.63, 3.8) is 0 Å². The van der Waals surface area contributed by atoms with Gasteiger partial charge in [0.1, 0.15) is 4.84 Å². The lowest BCUT2D eigenvalue weighted by atomic mass is 10.2. The van der Waals surface area contributed by atoms with Gasteiger partial charge in [-0.2, -0.15) is 0 Å². The first-order valence-electron chi connectivity index (χ1n) is 3.14. The third-order valence-electron chi connectivity index (χ3n) is 1.37. The molecule has 1 aromatic rings. The third kappa shape index (κ3) is 1.87. The van der Waals surface area contributed by atoms with Gasteiger partial charge >= 0.3 is 0 Å². The summed E-state index contributed by atoms with van der Waals surface area (Å²) in [7, 11) is 0. The maximum absolute atomic E-state index is 10.4. The van der Waals surface area contributed by atoms with E-state index in [1.807, 2.05) is 0 Å². The molecule has 0 bridgehead atoms. The van der Waals surface area contributed by atoms with E-state index in [-0.39, 0.29) is 5.69 Å². The lowest BCUT2D eigenvalue weighted by molar-refractivity contribution is -0.385. The summed E-state index contributed by atoms with van der Waals surface area (Å²) in [5, 5.41) is 10.4. The highest BCUT2D eigenvalue weighted by molar-refractivity contribution is 6.44. The van der Waals surface area contributed by atoms with E-state index >= 15 is 0 Å². The summed E-state index contributed by atoms with van der Waals surface area (Å²) in [4.78, 5) is 9.05. The average Bonchev–Trinajstić information content (AvgIpc) is 2.04. The van der Waals surface area contributed by atoms with Gasteiger partial charge in [0.05, 0.1) is 10.5 Å². The number of nitro groups is 1. The van der Waals surface area contributed by atoms with Gasteiger partial charge < -0.3 is 0 Å². The van der Waals surface area contributed by atoms with E-state index in [1.54, 1.807) is 12.1 Å². The zero-order valence-corrected chi connectivity index (χ0v) is 7.42. The topological polar surface area (TPSA) is 43.1 Å². The van der Waals surface area contributed by atoms with Gasteiger partial charge in [-0.3, -0.25) is 10.1 Å². The predicted octanol–water partition coefficient (Wildman–Crippen LogP) is 3.07. The van der Waals surface area contributed by atoms with Crippen molar-refractivity contribution in [3.05, 3.63) is 39.9 Å². The quantitative estimate of drug-likeness (QED) is 0.424. The first kappa shape index (κ1) is 9.29. The molecule has 0 amide bonds. The average molecular weight is 206 g/mol. The number of hydrogen-bond acceptors (Lipinski definition) is 2. The van der Waals surface area contributed by atoms with Crippen molar-refractivity contribution >= 4 is 28.9 Å². The van der Waals surface area contributed by atoms with E-state index in [0.717, 1.165) is 0 Å². The van der Waals surface area contributed by atoms with Crippen molar-refractivity contribution in [1.82, 2.24) is 0 Å². The second-order valence-corrected chi connectivity index (χ2v) is 3.21. The Morgan fingerprint density at radius 2 is 1.92 bits per heavy atom. The van der Waals surface area contributed by atoms with E-state index in [0.29, 0.717) is 5.56 Å². The van der Waals surface area contributed by atoms with E-state index < -0.39 is 9.76 Å². The number of nitrogens with zero attached hydrogens (tertiary/aromatic N) is 1. The molecular formula is C7H5Cl2NO2. The molecule has 3 nitrogen and oxygen atoms in total. The summed E-state index contributed by atoms with van der Waals surface area (Å²) >= 11 is 11.0. The van der Waals surface area contributed by atoms with Crippen LogP contribution in [0.4, 0.5) is 5.69 Å². The molecule has 0 radical (unpaired) electrons. The second kappa shape index (κ2) is 3.74. The monoisotopic (exact) mass is 205 g/mol. The van der Waals surface area contributed by atoms with Crippen molar-refractivity contribution in [2.24, 2.45) is 0 Å². The van der Waals surface area contributed by atoms with E-state index in [1.165, 1.54) is 12.1 Å². The zero-order chi connectivity index (χ0) is 9.14. The fourth-order valence-electron chi connectivity index (χ4n) is 0.838. The molecule has 0 atom stereocenters. The molecule has 5 heteroatoms. The molecule has 0 saturated carbocycles. The van der Waals surface area contributed by atoms with Gasteiger partial charge in [-0.05, 0) is 6.07 Å². The smallest absolute Gasteiger partial charge is 0.258 e. The summed E-state index contributed by atoms with van der Waals surface area (Å²) < 4.78 is 0. The second-order valence-electron chi connectivity index (χ2n) is 2.12. The highest BCUT2D eigenvalue weighted by Gasteiger charge is 2.16. The Hall–Kier alpha value is -0.800. The molecule has 0 unspecified atom stereocenters. The number of para-hydroxylation sites is 1. The highest BCUT2D eigenvalue weighted by atomic mass is 35.5. The molecule has 12 heavy (non-hydrogen) atoms. The van der Waals surface area contributed by atoms with Crippen LogP contribution < -0.4 is 0 Å². The van der Waals surface area contributed by atoms with Crippen LogP contribution >= 0.6 is 23.2 Å². The van der Waals surface area contributed by atoms with Gasteiger partial charge in [0.15, 0.2) is 0 Å². The minimum absolute atomic E-state index is 0.0486. The maximum atomic E-state index is 10.4. The molecule has 0 aliphatic carbocycles.